The first kappa shape index (κ1) is 21.6. The summed E-state index contributed by atoms with van der Waals surface area (Å²) in [5.74, 6) is 0.190. The van der Waals surface area contributed by atoms with Gasteiger partial charge in [0, 0.05) is 53.7 Å². The van der Waals surface area contributed by atoms with Gasteiger partial charge in [0.15, 0.2) is 0 Å². The van der Waals surface area contributed by atoms with Crippen LogP contribution in [-0.4, -0.2) is 27.4 Å². The molecule has 0 spiro atoms. The van der Waals surface area contributed by atoms with E-state index < -0.39 is 0 Å². The van der Waals surface area contributed by atoms with Crippen molar-refractivity contribution in [3.05, 3.63) is 106 Å². The molecule has 0 saturated carbocycles. The van der Waals surface area contributed by atoms with Gasteiger partial charge in [0.25, 0.3) is 5.56 Å². The molecule has 2 N–H and O–H groups in total. The number of nitrogens with one attached hydrogen (secondary N) is 2. The first-order valence-corrected chi connectivity index (χ1v) is 11.3. The normalized spacial score (nSPS) is 12.4. The minimum atomic E-state index is -0.316. The largest absolute Gasteiger partial charge is 0.367 e. The first-order valence-electron chi connectivity index (χ1n) is 11.3. The van der Waals surface area contributed by atoms with E-state index in [1.54, 1.807) is 25.4 Å². The molecule has 2 aromatic heterocycles. The fraction of sp³-hybridized carbons (Fsp3) is 0.185. The van der Waals surface area contributed by atoms with Crippen LogP contribution in [0.25, 0.3) is 11.4 Å². The van der Waals surface area contributed by atoms with E-state index in [1.807, 2.05) is 30.3 Å². The highest BCUT2D eigenvalue weighted by Crippen LogP contribution is 2.30. The van der Waals surface area contributed by atoms with Crippen molar-refractivity contribution in [2.24, 2.45) is 0 Å². The Hall–Kier alpha value is -4.26. The van der Waals surface area contributed by atoms with E-state index in [0.717, 1.165) is 29.8 Å². The Morgan fingerprint density at radius 2 is 1.91 bits per heavy atom. The van der Waals surface area contributed by atoms with Crippen LogP contribution >= 0.6 is 0 Å². The molecule has 0 fully saturated rings. The predicted molar refractivity (Wildman–Crippen MR) is 133 cm³/mol. The number of carbonyl (C=O) groups excluding carboxylic acids is 1. The van der Waals surface area contributed by atoms with E-state index in [4.69, 9.17) is 0 Å². The average Bonchev–Trinajstić information content (AvgIpc) is 3.26. The summed E-state index contributed by atoms with van der Waals surface area (Å²) >= 11 is 0. The fourth-order valence-electron chi connectivity index (χ4n) is 4.37. The number of aryl methyl sites for hydroxylation is 1. The summed E-state index contributed by atoms with van der Waals surface area (Å²) in [4.78, 5) is 39.3. The number of hydrogen-bond acceptors (Lipinski definition) is 5. The zero-order valence-electron chi connectivity index (χ0n) is 18.9. The molecule has 0 aliphatic carbocycles. The summed E-state index contributed by atoms with van der Waals surface area (Å²) in [5.41, 5.74) is 5.66. The number of rotatable bonds is 6. The zero-order chi connectivity index (χ0) is 23.5. The van der Waals surface area contributed by atoms with E-state index >= 15 is 0 Å². The number of H-pyrrole nitrogens is 1. The molecule has 0 radical (unpaired) electrons. The maximum absolute atomic E-state index is 12.9. The predicted octanol–water partition coefficient (Wildman–Crippen LogP) is 3.88. The number of benzene rings is 2. The van der Waals surface area contributed by atoms with Crippen LogP contribution in [-0.2, 0) is 24.2 Å². The molecule has 3 heterocycles. The van der Waals surface area contributed by atoms with Crippen LogP contribution in [0.15, 0.2) is 77.9 Å². The lowest BCUT2D eigenvalue weighted by molar-refractivity contribution is -0.115. The van der Waals surface area contributed by atoms with E-state index in [2.05, 4.69) is 49.4 Å². The molecule has 170 valence electrons. The Morgan fingerprint density at radius 3 is 2.74 bits per heavy atom. The van der Waals surface area contributed by atoms with Crippen LogP contribution in [0.2, 0.25) is 0 Å². The maximum Gasteiger partial charge on any atom is 0.255 e. The standard InChI is InChI=1S/C27H25N5O2/c1-18-22(27(34)31-26(29-18)20-9-6-13-28-16-20)15-25(33)30-23-10-4-2-8-21(23)17-32-14-12-19-7-3-5-11-24(19)32/h2-11,13,16H,12,14-15,17H2,1H3,(H,30,33)(H,29,31,34). The third-order valence-corrected chi connectivity index (χ3v) is 6.13. The number of fused-ring (bicyclic) bond motifs is 1. The van der Waals surface area contributed by atoms with Gasteiger partial charge in [0.2, 0.25) is 5.91 Å². The molecule has 0 bridgehead atoms. The topological polar surface area (TPSA) is 91.0 Å². The Balaban J connectivity index is 1.32. The van der Waals surface area contributed by atoms with Crippen molar-refractivity contribution in [3.63, 3.8) is 0 Å². The second-order valence-corrected chi connectivity index (χ2v) is 8.40. The van der Waals surface area contributed by atoms with Gasteiger partial charge in [-0.2, -0.15) is 0 Å². The number of nitrogens with zero attached hydrogens (tertiary/aromatic N) is 3. The van der Waals surface area contributed by atoms with Crippen LogP contribution in [0.4, 0.5) is 11.4 Å². The quantitative estimate of drug-likeness (QED) is 0.464. The lowest BCUT2D eigenvalue weighted by atomic mass is 10.1. The Bertz CT molecular complexity index is 1400. The molecule has 34 heavy (non-hydrogen) atoms. The molecule has 5 rings (SSSR count). The zero-order valence-corrected chi connectivity index (χ0v) is 18.9. The Kier molecular flexibility index (Phi) is 5.91. The number of anilines is 2. The molecule has 4 aromatic rings. The number of hydrogen-bond donors (Lipinski definition) is 2. The van der Waals surface area contributed by atoms with E-state index in [9.17, 15) is 9.59 Å². The van der Waals surface area contributed by atoms with Gasteiger partial charge in [0.05, 0.1) is 6.42 Å². The monoisotopic (exact) mass is 451 g/mol. The summed E-state index contributed by atoms with van der Waals surface area (Å²) in [6, 6.07) is 19.8. The van der Waals surface area contributed by atoms with Crippen molar-refractivity contribution in [1.29, 1.82) is 0 Å². The SMILES string of the molecule is Cc1nc(-c2cccnc2)[nH]c(=O)c1CC(=O)Nc1ccccc1CN1CCc2ccccc21. The molecule has 7 nitrogen and oxygen atoms in total. The van der Waals surface area contributed by atoms with Gasteiger partial charge in [-0.05, 0) is 48.7 Å². The van der Waals surface area contributed by atoms with Gasteiger partial charge >= 0.3 is 0 Å². The highest BCUT2D eigenvalue weighted by molar-refractivity contribution is 5.93. The van der Waals surface area contributed by atoms with Crippen LogP contribution in [0.1, 0.15) is 22.4 Å². The van der Waals surface area contributed by atoms with Gasteiger partial charge in [-0.15, -0.1) is 0 Å². The molecule has 0 unspecified atom stereocenters. The highest BCUT2D eigenvalue weighted by atomic mass is 16.2. The van der Waals surface area contributed by atoms with Crippen molar-refractivity contribution in [3.8, 4) is 11.4 Å². The van der Waals surface area contributed by atoms with Crippen LogP contribution in [0.3, 0.4) is 0 Å². The molecule has 1 aliphatic rings. The lowest BCUT2D eigenvalue weighted by Gasteiger charge is -2.21. The summed E-state index contributed by atoms with van der Waals surface area (Å²) in [7, 11) is 0. The number of aromatic amines is 1. The molecule has 1 aliphatic heterocycles. The second-order valence-electron chi connectivity index (χ2n) is 8.40. The Morgan fingerprint density at radius 1 is 1.09 bits per heavy atom. The molecular formula is C27H25N5O2. The number of carbonyl (C=O) groups is 1. The van der Waals surface area contributed by atoms with Crippen molar-refractivity contribution in [2.75, 3.05) is 16.8 Å². The second kappa shape index (κ2) is 9.31. The third-order valence-electron chi connectivity index (χ3n) is 6.13. The van der Waals surface area contributed by atoms with Crippen LogP contribution in [0.5, 0.6) is 0 Å². The first-order chi connectivity index (χ1) is 16.6. The van der Waals surface area contributed by atoms with Crippen LogP contribution in [0, 0.1) is 6.92 Å². The van der Waals surface area contributed by atoms with Gasteiger partial charge in [0.1, 0.15) is 5.82 Å². The lowest BCUT2D eigenvalue weighted by Crippen LogP contribution is -2.25. The van der Waals surface area contributed by atoms with Gasteiger partial charge in [-0.1, -0.05) is 36.4 Å². The van der Waals surface area contributed by atoms with Gasteiger partial charge < -0.3 is 15.2 Å². The van der Waals surface area contributed by atoms with E-state index in [1.165, 1.54) is 11.3 Å². The molecule has 0 saturated heterocycles. The number of para-hydroxylation sites is 2. The maximum atomic E-state index is 12.9. The Labute approximate surface area is 197 Å². The van der Waals surface area contributed by atoms with Crippen molar-refractivity contribution in [2.45, 2.75) is 26.3 Å². The number of amides is 1. The van der Waals surface area contributed by atoms with Crippen molar-refractivity contribution < 1.29 is 4.79 Å². The highest BCUT2D eigenvalue weighted by Gasteiger charge is 2.20. The number of aromatic nitrogens is 3. The third kappa shape index (κ3) is 4.45. The summed E-state index contributed by atoms with van der Waals surface area (Å²) in [6.07, 6.45) is 4.27. The molecule has 2 aromatic carbocycles. The molecule has 1 amide bonds. The summed E-state index contributed by atoms with van der Waals surface area (Å²) in [5, 5.41) is 3.00. The van der Waals surface area contributed by atoms with Gasteiger partial charge in [-0.3, -0.25) is 14.6 Å². The minimum absolute atomic E-state index is 0.0532. The summed E-state index contributed by atoms with van der Waals surface area (Å²) < 4.78 is 0. The minimum Gasteiger partial charge on any atom is -0.367 e. The van der Waals surface area contributed by atoms with E-state index in [0.29, 0.717) is 23.6 Å². The molecule has 0 atom stereocenters. The molecule has 7 heteroatoms. The van der Waals surface area contributed by atoms with Gasteiger partial charge in [-0.25, -0.2) is 4.98 Å². The van der Waals surface area contributed by atoms with Crippen molar-refractivity contribution >= 4 is 17.3 Å². The van der Waals surface area contributed by atoms with E-state index in [-0.39, 0.29) is 17.9 Å². The van der Waals surface area contributed by atoms with Crippen LogP contribution < -0.4 is 15.8 Å². The van der Waals surface area contributed by atoms with Crippen molar-refractivity contribution in [1.82, 2.24) is 15.0 Å². The fourth-order valence-corrected chi connectivity index (χ4v) is 4.37. The average molecular weight is 452 g/mol. The smallest absolute Gasteiger partial charge is 0.255 e. The number of pyridine rings is 1. The molecular weight excluding hydrogens is 426 g/mol. The summed E-state index contributed by atoms with van der Waals surface area (Å²) in [6.45, 7) is 3.40.